The SMILES string of the molecule is Cc1ccc(C)c(-c2ccc(C(F)(F)F)cc2)n1. The molecule has 0 saturated carbocycles. The lowest BCUT2D eigenvalue weighted by Crippen LogP contribution is -2.04. The highest BCUT2D eigenvalue weighted by molar-refractivity contribution is 5.63. The highest BCUT2D eigenvalue weighted by atomic mass is 19.4. The molecule has 1 aromatic heterocycles. The Balaban J connectivity index is 2.43. The van der Waals surface area contributed by atoms with Crippen molar-refractivity contribution in [3.8, 4) is 11.3 Å². The number of alkyl halides is 3. The molecule has 0 aliphatic rings. The lowest BCUT2D eigenvalue weighted by molar-refractivity contribution is -0.137. The maximum absolute atomic E-state index is 12.4. The number of aromatic nitrogens is 1. The predicted octanol–water partition coefficient (Wildman–Crippen LogP) is 4.38. The maximum Gasteiger partial charge on any atom is 0.416 e. The minimum atomic E-state index is -4.30. The van der Waals surface area contributed by atoms with Gasteiger partial charge in [-0.15, -0.1) is 0 Å². The molecular weight excluding hydrogens is 239 g/mol. The van der Waals surface area contributed by atoms with Crippen LogP contribution in [-0.4, -0.2) is 4.98 Å². The quantitative estimate of drug-likeness (QED) is 0.732. The summed E-state index contributed by atoms with van der Waals surface area (Å²) in [4.78, 5) is 4.35. The molecule has 0 atom stereocenters. The molecule has 94 valence electrons. The van der Waals surface area contributed by atoms with Gasteiger partial charge in [0.25, 0.3) is 0 Å². The van der Waals surface area contributed by atoms with Crippen LogP contribution in [0.2, 0.25) is 0 Å². The van der Waals surface area contributed by atoms with Crippen molar-refractivity contribution in [2.45, 2.75) is 20.0 Å². The van der Waals surface area contributed by atoms with E-state index in [1.54, 1.807) is 0 Å². The molecule has 2 aromatic rings. The van der Waals surface area contributed by atoms with Crippen LogP contribution in [0.25, 0.3) is 11.3 Å². The van der Waals surface area contributed by atoms with Crippen molar-refractivity contribution < 1.29 is 13.2 Å². The first kappa shape index (κ1) is 12.6. The van der Waals surface area contributed by atoms with Crippen LogP contribution in [0, 0.1) is 13.8 Å². The molecule has 0 unspecified atom stereocenters. The summed E-state index contributed by atoms with van der Waals surface area (Å²) in [6.45, 7) is 3.74. The van der Waals surface area contributed by atoms with Crippen LogP contribution >= 0.6 is 0 Å². The van der Waals surface area contributed by atoms with Crippen molar-refractivity contribution in [2.24, 2.45) is 0 Å². The molecule has 0 spiro atoms. The van der Waals surface area contributed by atoms with Gasteiger partial charge in [-0.3, -0.25) is 4.98 Å². The van der Waals surface area contributed by atoms with E-state index in [0.717, 1.165) is 29.1 Å². The third-order valence-corrected chi connectivity index (χ3v) is 2.72. The summed E-state index contributed by atoms with van der Waals surface area (Å²) in [6.07, 6.45) is -4.30. The largest absolute Gasteiger partial charge is 0.416 e. The average Bonchev–Trinajstić information content (AvgIpc) is 2.31. The zero-order valence-electron chi connectivity index (χ0n) is 10.0. The maximum atomic E-state index is 12.4. The first-order valence-electron chi connectivity index (χ1n) is 5.50. The molecule has 0 amide bonds. The topological polar surface area (TPSA) is 12.9 Å². The van der Waals surface area contributed by atoms with Crippen molar-refractivity contribution in [3.05, 3.63) is 53.2 Å². The molecule has 2 rings (SSSR count). The van der Waals surface area contributed by atoms with Crippen molar-refractivity contribution in [2.75, 3.05) is 0 Å². The van der Waals surface area contributed by atoms with Crippen molar-refractivity contribution >= 4 is 0 Å². The Morgan fingerprint density at radius 2 is 1.50 bits per heavy atom. The van der Waals surface area contributed by atoms with Crippen LogP contribution in [0.5, 0.6) is 0 Å². The van der Waals surface area contributed by atoms with Gasteiger partial charge in [0, 0.05) is 11.3 Å². The van der Waals surface area contributed by atoms with E-state index in [2.05, 4.69) is 4.98 Å². The summed E-state index contributed by atoms with van der Waals surface area (Å²) in [5, 5.41) is 0. The zero-order valence-corrected chi connectivity index (χ0v) is 10.0. The summed E-state index contributed by atoms with van der Waals surface area (Å²) in [5.74, 6) is 0. The Labute approximate surface area is 103 Å². The second kappa shape index (κ2) is 4.44. The molecule has 1 heterocycles. The minimum Gasteiger partial charge on any atom is -0.253 e. The fourth-order valence-corrected chi connectivity index (χ4v) is 1.74. The molecule has 0 aliphatic heterocycles. The Bertz CT molecular complexity index is 556. The third kappa shape index (κ3) is 2.53. The number of nitrogens with zero attached hydrogens (tertiary/aromatic N) is 1. The molecule has 0 N–H and O–H groups in total. The second-order valence-electron chi connectivity index (χ2n) is 4.19. The van der Waals surface area contributed by atoms with E-state index in [1.165, 1.54) is 12.1 Å². The lowest BCUT2D eigenvalue weighted by atomic mass is 10.0. The first-order valence-corrected chi connectivity index (χ1v) is 5.50. The molecule has 0 aliphatic carbocycles. The van der Waals surface area contributed by atoms with Crippen LogP contribution < -0.4 is 0 Å². The smallest absolute Gasteiger partial charge is 0.253 e. The normalized spacial score (nSPS) is 11.6. The van der Waals surface area contributed by atoms with E-state index >= 15 is 0 Å². The molecule has 0 bridgehead atoms. The molecule has 1 nitrogen and oxygen atoms in total. The average molecular weight is 251 g/mol. The molecular formula is C14H12F3N. The number of pyridine rings is 1. The highest BCUT2D eigenvalue weighted by Crippen LogP contribution is 2.31. The molecule has 0 radical (unpaired) electrons. The molecule has 0 fully saturated rings. The van der Waals surface area contributed by atoms with Gasteiger partial charge in [-0.05, 0) is 37.6 Å². The van der Waals surface area contributed by atoms with E-state index < -0.39 is 11.7 Å². The number of halogens is 3. The highest BCUT2D eigenvalue weighted by Gasteiger charge is 2.30. The summed E-state index contributed by atoms with van der Waals surface area (Å²) in [7, 11) is 0. The summed E-state index contributed by atoms with van der Waals surface area (Å²) in [6, 6.07) is 8.87. The standard InChI is InChI=1S/C14H12F3N/c1-9-3-4-10(2)18-13(9)11-5-7-12(8-6-11)14(15,16)17/h3-8H,1-2H3. The number of rotatable bonds is 1. The van der Waals surface area contributed by atoms with Gasteiger partial charge in [0.05, 0.1) is 11.3 Å². The monoisotopic (exact) mass is 251 g/mol. The molecule has 0 saturated heterocycles. The van der Waals surface area contributed by atoms with Gasteiger partial charge in [0.2, 0.25) is 0 Å². The van der Waals surface area contributed by atoms with E-state index in [-0.39, 0.29) is 0 Å². The van der Waals surface area contributed by atoms with Gasteiger partial charge in [-0.25, -0.2) is 0 Å². The van der Waals surface area contributed by atoms with E-state index in [9.17, 15) is 13.2 Å². The molecule has 1 aromatic carbocycles. The number of aryl methyl sites for hydroxylation is 2. The van der Waals surface area contributed by atoms with Crippen LogP contribution in [0.1, 0.15) is 16.8 Å². The van der Waals surface area contributed by atoms with Crippen molar-refractivity contribution in [1.82, 2.24) is 4.98 Å². The van der Waals surface area contributed by atoms with Gasteiger partial charge in [-0.2, -0.15) is 13.2 Å². The van der Waals surface area contributed by atoms with Gasteiger partial charge in [-0.1, -0.05) is 18.2 Å². The summed E-state index contributed by atoms with van der Waals surface area (Å²) < 4.78 is 37.3. The lowest BCUT2D eigenvalue weighted by Gasteiger charge is -2.09. The minimum absolute atomic E-state index is 0.642. The van der Waals surface area contributed by atoms with E-state index in [0.29, 0.717) is 5.56 Å². The van der Waals surface area contributed by atoms with Crippen LogP contribution in [0.3, 0.4) is 0 Å². The third-order valence-electron chi connectivity index (χ3n) is 2.72. The van der Waals surface area contributed by atoms with Crippen molar-refractivity contribution in [1.29, 1.82) is 0 Å². The fraction of sp³-hybridized carbons (Fsp3) is 0.214. The number of benzene rings is 1. The van der Waals surface area contributed by atoms with E-state index in [4.69, 9.17) is 0 Å². The fourth-order valence-electron chi connectivity index (χ4n) is 1.74. The Morgan fingerprint density at radius 1 is 0.889 bits per heavy atom. The molecule has 4 heteroatoms. The zero-order chi connectivity index (χ0) is 13.3. The van der Waals surface area contributed by atoms with Crippen LogP contribution in [0.15, 0.2) is 36.4 Å². The van der Waals surface area contributed by atoms with Gasteiger partial charge >= 0.3 is 6.18 Å². The number of hydrogen-bond acceptors (Lipinski definition) is 1. The van der Waals surface area contributed by atoms with Gasteiger partial charge < -0.3 is 0 Å². The van der Waals surface area contributed by atoms with Crippen LogP contribution in [0.4, 0.5) is 13.2 Å². The Kier molecular flexibility index (Phi) is 3.11. The second-order valence-corrected chi connectivity index (χ2v) is 4.19. The predicted molar refractivity (Wildman–Crippen MR) is 64.1 cm³/mol. The van der Waals surface area contributed by atoms with Gasteiger partial charge in [0.1, 0.15) is 0 Å². The first-order chi connectivity index (χ1) is 8.38. The van der Waals surface area contributed by atoms with Crippen LogP contribution in [-0.2, 0) is 6.18 Å². The Morgan fingerprint density at radius 3 is 2.06 bits per heavy atom. The summed E-state index contributed by atoms with van der Waals surface area (Å²) >= 11 is 0. The summed E-state index contributed by atoms with van der Waals surface area (Å²) in [5.41, 5.74) is 2.57. The number of hydrogen-bond donors (Lipinski definition) is 0. The molecule has 18 heavy (non-hydrogen) atoms. The van der Waals surface area contributed by atoms with E-state index in [1.807, 2.05) is 26.0 Å². The van der Waals surface area contributed by atoms with Gasteiger partial charge in [0.15, 0.2) is 0 Å². The van der Waals surface area contributed by atoms with Crippen molar-refractivity contribution in [3.63, 3.8) is 0 Å². The Hall–Kier alpha value is -1.84.